The van der Waals surface area contributed by atoms with E-state index >= 15 is 0 Å². The van der Waals surface area contributed by atoms with E-state index in [-0.39, 0.29) is 0 Å². The maximum Gasteiger partial charge on any atom is 0.136 e. The molecule has 0 saturated carbocycles. The molecular weight excluding hydrogens is 538 g/mol. The van der Waals surface area contributed by atoms with Crippen molar-refractivity contribution >= 4 is 5.70 Å². The van der Waals surface area contributed by atoms with Gasteiger partial charge in [0.15, 0.2) is 0 Å². The molecule has 2 heterocycles. The largest absolute Gasteiger partial charge is 0.456 e. The van der Waals surface area contributed by atoms with Crippen molar-refractivity contribution in [3.63, 3.8) is 0 Å². The summed E-state index contributed by atoms with van der Waals surface area (Å²) in [4.78, 5) is 0. The van der Waals surface area contributed by atoms with Gasteiger partial charge in [0.1, 0.15) is 23.0 Å². The van der Waals surface area contributed by atoms with Crippen LogP contribution in [-0.2, 0) is 0 Å². The van der Waals surface area contributed by atoms with Crippen LogP contribution < -0.4 is 14.8 Å². The van der Waals surface area contributed by atoms with Crippen LogP contribution in [0, 0.1) is 0 Å². The molecule has 1 N–H and O–H groups in total. The van der Waals surface area contributed by atoms with Gasteiger partial charge in [0.2, 0.25) is 0 Å². The molecule has 0 aromatic heterocycles. The average molecular weight is 568 g/mol. The number of benzene rings is 6. The molecule has 6 aromatic carbocycles. The van der Waals surface area contributed by atoms with E-state index in [4.69, 9.17) is 9.47 Å². The predicted octanol–water partition coefficient (Wildman–Crippen LogP) is 10.8. The Morgan fingerprint density at radius 1 is 0.409 bits per heavy atom. The summed E-state index contributed by atoms with van der Waals surface area (Å²) < 4.78 is 13.7. The second-order valence-corrected chi connectivity index (χ2v) is 11.0. The van der Waals surface area contributed by atoms with Crippen molar-refractivity contribution in [1.29, 1.82) is 0 Å². The third-order valence-corrected chi connectivity index (χ3v) is 8.18. The molecule has 3 heteroatoms. The van der Waals surface area contributed by atoms with Gasteiger partial charge < -0.3 is 14.8 Å². The third kappa shape index (κ3) is 4.85. The van der Waals surface area contributed by atoms with Crippen LogP contribution in [-0.4, -0.2) is 6.54 Å². The zero-order valence-electron chi connectivity index (χ0n) is 24.0. The molecule has 0 saturated heterocycles. The van der Waals surface area contributed by atoms with Crippen LogP contribution >= 0.6 is 0 Å². The Morgan fingerprint density at radius 3 is 1.61 bits per heavy atom. The van der Waals surface area contributed by atoms with Gasteiger partial charge in [-0.25, -0.2) is 0 Å². The molecule has 0 spiro atoms. The maximum absolute atomic E-state index is 7.01. The van der Waals surface area contributed by atoms with Crippen LogP contribution in [0.25, 0.3) is 50.2 Å². The smallest absolute Gasteiger partial charge is 0.136 e. The summed E-state index contributed by atoms with van der Waals surface area (Å²) in [6, 6.07) is 48.4. The van der Waals surface area contributed by atoms with E-state index in [0.29, 0.717) is 0 Å². The Kier molecular flexibility index (Phi) is 6.54. The topological polar surface area (TPSA) is 30.5 Å². The second-order valence-electron chi connectivity index (χ2n) is 11.0. The van der Waals surface area contributed by atoms with Gasteiger partial charge in [0.05, 0.1) is 0 Å². The predicted molar refractivity (Wildman–Crippen MR) is 180 cm³/mol. The summed E-state index contributed by atoms with van der Waals surface area (Å²) in [5.41, 5.74) is 10.6. The Labute approximate surface area is 257 Å². The van der Waals surface area contributed by atoms with E-state index in [9.17, 15) is 0 Å². The molecule has 0 amide bonds. The minimum atomic E-state index is 0.770. The molecule has 0 radical (unpaired) electrons. The van der Waals surface area contributed by atoms with Gasteiger partial charge in [0, 0.05) is 40.1 Å². The molecule has 2 aliphatic heterocycles. The highest BCUT2D eigenvalue weighted by Gasteiger charge is 2.21. The lowest BCUT2D eigenvalue weighted by atomic mass is 9.95. The molecule has 0 unspecified atom stereocenters. The fourth-order valence-electron chi connectivity index (χ4n) is 5.97. The summed E-state index contributed by atoms with van der Waals surface area (Å²) in [6.45, 7) is 0.797. The van der Waals surface area contributed by atoms with Gasteiger partial charge in [-0.1, -0.05) is 109 Å². The highest BCUT2D eigenvalue weighted by atomic mass is 16.5. The number of dihydropyridines is 1. The molecule has 8 rings (SSSR count). The van der Waals surface area contributed by atoms with Gasteiger partial charge in [-0.05, 0) is 70.8 Å². The van der Waals surface area contributed by atoms with E-state index < -0.39 is 0 Å². The van der Waals surface area contributed by atoms with E-state index in [1.165, 1.54) is 11.1 Å². The van der Waals surface area contributed by atoms with Crippen LogP contribution in [0.15, 0.2) is 158 Å². The molecule has 210 valence electrons. The Morgan fingerprint density at radius 2 is 0.932 bits per heavy atom. The van der Waals surface area contributed by atoms with E-state index in [1.807, 2.05) is 42.5 Å². The highest BCUT2D eigenvalue weighted by Crippen LogP contribution is 2.48. The SMILES string of the molecule is C1=CCNC(c2ccc3c(c2)Oc2cc(-c4cccc(-c5ccccc5)c4)ccc2-c2ccccc2Oc2ccccc2-3)=C1. The van der Waals surface area contributed by atoms with Crippen molar-refractivity contribution in [3.05, 3.63) is 163 Å². The summed E-state index contributed by atoms with van der Waals surface area (Å²) in [6.07, 6.45) is 6.30. The second kappa shape index (κ2) is 11.1. The number of hydrogen-bond donors (Lipinski definition) is 1. The summed E-state index contributed by atoms with van der Waals surface area (Å²) in [5, 5.41) is 3.49. The van der Waals surface area contributed by atoms with Crippen LogP contribution in [0.5, 0.6) is 23.0 Å². The Balaban J connectivity index is 1.32. The van der Waals surface area contributed by atoms with Crippen molar-refractivity contribution in [1.82, 2.24) is 5.32 Å². The highest BCUT2D eigenvalue weighted by molar-refractivity contribution is 5.85. The normalized spacial score (nSPS) is 13.0. The lowest BCUT2D eigenvalue weighted by Gasteiger charge is -2.23. The number of para-hydroxylation sites is 2. The van der Waals surface area contributed by atoms with Gasteiger partial charge in [-0.2, -0.15) is 0 Å². The molecule has 3 nitrogen and oxygen atoms in total. The summed E-state index contributed by atoms with van der Waals surface area (Å²) in [5.74, 6) is 3.11. The summed E-state index contributed by atoms with van der Waals surface area (Å²) >= 11 is 0. The Hall–Kier alpha value is -5.80. The number of allylic oxidation sites excluding steroid dienone is 2. The minimum Gasteiger partial charge on any atom is -0.456 e. The van der Waals surface area contributed by atoms with Gasteiger partial charge in [-0.15, -0.1) is 0 Å². The van der Waals surface area contributed by atoms with Crippen molar-refractivity contribution in [2.45, 2.75) is 0 Å². The molecular formula is C41H29NO2. The quantitative estimate of drug-likeness (QED) is 0.230. The van der Waals surface area contributed by atoms with Crippen LogP contribution in [0.3, 0.4) is 0 Å². The third-order valence-electron chi connectivity index (χ3n) is 8.18. The molecule has 2 aliphatic rings. The maximum atomic E-state index is 7.01. The minimum absolute atomic E-state index is 0.770. The average Bonchev–Trinajstić information content (AvgIpc) is 3.10. The molecule has 0 fully saturated rings. The van der Waals surface area contributed by atoms with Crippen LogP contribution in [0.2, 0.25) is 0 Å². The van der Waals surface area contributed by atoms with E-state index in [0.717, 1.165) is 74.2 Å². The van der Waals surface area contributed by atoms with Gasteiger partial charge >= 0.3 is 0 Å². The van der Waals surface area contributed by atoms with Gasteiger partial charge in [-0.3, -0.25) is 0 Å². The van der Waals surface area contributed by atoms with Crippen molar-refractivity contribution in [3.8, 4) is 67.5 Å². The lowest BCUT2D eigenvalue weighted by Crippen LogP contribution is -2.14. The number of rotatable bonds is 3. The van der Waals surface area contributed by atoms with E-state index in [2.05, 4.69) is 121 Å². The standard InChI is InChI=1S/C41H29NO2/c1-2-11-28(12-3-1)29-13-10-14-30(25-29)31-20-22-35-33-15-4-6-18-38(33)43-39-19-7-5-16-34(39)36-23-21-32(37-17-8-9-24-42-37)27-41(36)44-40(35)26-31/h1-23,25-27,42H,24H2. The zero-order chi connectivity index (χ0) is 29.3. The lowest BCUT2D eigenvalue weighted by molar-refractivity contribution is 0.472. The molecule has 0 atom stereocenters. The van der Waals surface area contributed by atoms with Crippen LogP contribution in [0.1, 0.15) is 5.56 Å². The van der Waals surface area contributed by atoms with E-state index in [1.54, 1.807) is 0 Å². The number of hydrogen-bond acceptors (Lipinski definition) is 3. The number of nitrogens with one attached hydrogen (secondary N) is 1. The number of fused-ring (bicyclic) bond motifs is 6. The first-order chi connectivity index (χ1) is 21.8. The monoisotopic (exact) mass is 567 g/mol. The molecule has 6 aromatic rings. The fourth-order valence-corrected chi connectivity index (χ4v) is 5.97. The zero-order valence-corrected chi connectivity index (χ0v) is 24.0. The fraction of sp³-hybridized carbons (Fsp3) is 0.0244. The summed E-state index contributed by atoms with van der Waals surface area (Å²) in [7, 11) is 0. The molecule has 0 aliphatic carbocycles. The van der Waals surface area contributed by atoms with Gasteiger partial charge in [0.25, 0.3) is 0 Å². The first-order valence-electron chi connectivity index (χ1n) is 14.9. The first kappa shape index (κ1) is 25.9. The van der Waals surface area contributed by atoms with Crippen molar-refractivity contribution < 1.29 is 9.47 Å². The first-order valence-corrected chi connectivity index (χ1v) is 14.9. The molecule has 44 heavy (non-hydrogen) atoms. The van der Waals surface area contributed by atoms with Crippen LogP contribution in [0.4, 0.5) is 0 Å². The van der Waals surface area contributed by atoms with Crippen molar-refractivity contribution in [2.75, 3.05) is 6.54 Å². The molecule has 0 bridgehead atoms. The number of ether oxygens (including phenoxy) is 2. The Bertz CT molecular complexity index is 2070. The van der Waals surface area contributed by atoms with Crippen molar-refractivity contribution in [2.24, 2.45) is 0 Å².